The van der Waals surface area contributed by atoms with Crippen molar-refractivity contribution in [2.45, 2.75) is 44.8 Å². The SMILES string of the molecule is CC(C)(C(N)=S)N1CCN(C(=O)CC2CCCO2)CC1. The Morgan fingerprint density at radius 1 is 1.35 bits per heavy atom. The average Bonchev–Trinajstić information content (AvgIpc) is 2.91. The quantitative estimate of drug-likeness (QED) is 0.777. The van der Waals surface area contributed by atoms with Crippen LogP contribution in [0.2, 0.25) is 0 Å². The first-order valence-corrected chi connectivity index (χ1v) is 7.76. The van der Waals surface area contributed by atoms with Crippen LogP contribution in [0.15, 0.2) is 0 Å². The van der Waals surface area contributed by atoms with Crippen LogP contribution in [0.25, 0.3) is 0 Å². The monoisotopic (exact) mass is 299 g/mol. The molecule has 5 nitrogen and oxygen atoms in total. The summed E-state index contributed by atoms with van der Waals surface area (Å²) < 4.78 is 5.53. The lowest BCUT2D eigenvalue weighted by molar-refractivity contribution is -0.135. The first-order valence-electron chi connectivity index (χ1n) is 7.35. The van der Waals surface area contributed by atoms with Crippen molar-refractivity contribution in [3.05, 3.63) is 0 Å². The van der Waals surface area contributed by atoms with Gasteiger partial charge in [0, 0.05) is 32.8 Å². The minimum absolute atomic E-state index is 0.133. The van der Waals surface area contributed by atoms with E-state index in [9.17, 15) is 4.79 Å². The highest BCUT2D eigenvalue weighted by molar-refractivity contribution is 7.80. The second-order valence-corrected chi connectivity index (χ2v) is 6.57. The molecule has 1 unspecified atom stereocenters. The molecule has 2 aliphatic heterocycles. The number of carbonyl (C=O) groups is 1. The van der Waals surface area contributed by atoms with Crippen LogP contribution in [0.3, 0.4) is 0 Å². The molecule has 0 saturated carbocycles. The zero-order valence-electron chi connectivity index (χ0n) is 12.4. The van der Waals surface area contributed by atoms with Crippen LogP contribution in [-0.2, 0) is 9.53 Å². The number of nitrogens with zero attached hydrogens (tertiary/aromatic N) is 2. The molecule has 1 atom stereocenters. The summed E-state index contributed by atoms with van der Waals surface area (Å²) in [6.45, 7) is 8.02. The van der Waals surface area contributed by atoms with Gasteiger partial charge in [-0.2, -0.15) is 0 Å². The lowest BCUT2D eigenvalue weighted by atomic mass is 10.0. The lowest BCUT2D eigenvalue weighted by Crippen LogP contribution is -2.60. The first-order chi connectivity index (χ1) is 9.41. The molecule has 2 saturated heterocycles. The van der Waals surface area contributed by atoms with Crippen LogP contribution in [0.4, 0.5) is 0 Å². The molecule has 2 heterocycles. The second kappa shape index (κ2) is 6.37. The van der Waals surface area contributed by atoms with E-state index in [2.05, 4.69) is 4.90 Å². The zero-order chi connectivity index (χ0) is 14.8. The van der Waals surface area contributed by atoms with Crippen molar-refractivity contribution in [2.75, 3.05) is 32.8 Å². The Kier molecular flexibility index (Phi) is 4.99. The van der Waals surface area contributed by atoms with E-state index in [1.54, 1.807) is 0 Å². The Morgan fingerprint density at radius 2 is 2.00 bits per heavy atom. The first kappa shape index (κ1) is 15.7. The van der Waals surface area contributed by atoms with E-state index < -0.39 is 0 Å². The summed E-state index contributed by atoms with van der Waals surface area (Å²) in [5.41, 5.74) is 5.52. The minimum Gasteiger partial charge on any atom is -0.392 e. The van der Waals surface area contributed by atoms with Crippen LogP contribution in [0.5, 0.6) is 0 Å². The summed E-state index contributed by atoms with van der Waals surface area (Å²) in [4.78, 5) is 16.9. The van der Waals surface area contributed by atoms with Crippen LogP contribution >= 0.6 is 12.2 Å². The van der Waals surface area contributed by atoms with E-state index in [0.717, 1.165) is 45.6 Å². The summed E-state index contributed by atoms with van der Waals surface area (Å²) in [5.74, 6) is 0.213. The second-order valence-electron chi connectivity index (χ2n) is 6.13. The topological polar surface area (TPSA) is 58.8 Å². The maximum Gasteiger partial charge on any atom is 0.225 e. The standard InChI is InChI=1S/C14H25N3O2S/c1-14(2,13(15)20)17-7-5-16(6-8-17)12(18)10-11-4-3-9-19-11/h11H,3-10H2,1-2H3,(H2,15,20). The van der Waals surface area contributed by atoms with Gasteiger partial charge in [0.25, 0.3) is 0 Å². The number of hydrogen-bond donors (Lipinski definition) is 1. The van der Waals surface area contributed by atoms with Crippen LogP contribution in [0.1, 0.15) is 33.1 Å². The molecule has 2 rings (SSSR count). The molecule has 0 radical (unpaired) electrons. The predicted octanol–water partition coefficient (Wildman–Crippen LogP) is 0.764. The fourth-order valence-electron chi connectivity index (χ4n) is 2.80. The number of nitrogens with two attached hydrogens (primary N) is 1. The fraction of sp³-hybridized carbons (Fsp3) is 0.857. The molecular formula is C14H25N3O2S. The molecule has 2 aliphatic rings. The van der Waals surface area contributed by atoms with Crippen LogP contribution < -0.4 is 5.73 Å². The van der Waals surface area contributed by atoms with Crippen LogP contribution in [0, 0.1) is 0 Å². The van der Waals surface area contributed by atoms with Gasteiger partial charge in [-0.1, -0.05) is 12.2 Å². The molecule has 20 heavy (non-hydrogen) atoms. The summed E-state index contributed by atoms with van der Waals surface area (Å²) in [6.07, 6.45) is 2.75. The van der Waals surface area contributed by atoms with E-state index in [-0.39, 0.29) is 17.6 Å². The van der Waals surface area contributed by atoms with Crippen molar-refractivity contribution in [2.24, 2.45) is 5.73 Å². The van der Waals surface area contributed by atoms with Crippen molar-refractivity contribution in [3.8, 4) is 0 Å². The summed E-state index contributed by atoms with van der Waals surface area (Å²) in [5, 5.41) is 0. The normalized spacial score (nSPS) is 24.9. The molecule has 2 fully saturated rings. The molecular weight excluding hydrogens is 274 g/mol. The largest absolute Gasteiger partial charge is 0.392 e. The van der Waals surface area contributed by atoms with Gasteiger partial charge in [0.2, 0.25) is 5.91 Å². The van der Waals surface area contributed by atoms with Gasteiger partial charge in [0.1, 0.15) is 0 Å². The van der Waals surface area contributed by atoms with E-state index in [1.807, 2.05) is 18.7 Å². The maximum atomic E-state index is 12.2. The van der Waals surface area contributed by atoms with Gasteiger partial charge in [-0.15, -0.1) is 0 Å². The third kappa shape index (κ3) is 3.48. The molecule has 1 amide bonds. The van der Waals surface area contributed by atoms with Gasteiger partial charge in [-0.05, 0) is 26.7 Å². The molecule has 0 aromatic heterocycles. The van der Waals surface area contributed by atoms with Crippen LogP contribution in [-0.4, -0.2) is 65.1 Å². The molecule has 0 bridgehead atoms. The van der Waals surface area contributed by atoms with Crippen molar-refractivity contribution < 1.29 is 9.53 Å². The Morgan fingerprint density at radius 3 is 2.50 bits per heavy atom. The highest BCUT2D eigenvalue weighted by Gasteiger charge is 2.33. The number of piperazine rings is 1. The molecule has 0 aromatic carbocycles. The van der Waals surface area contributed by atoms with Crippen molar-refractivity contribution in [1.82, 2.24) is 9.80 Å². The van der Waals surface area contributed by atoms with E-state index in [1.165, 1.54) is 0 Å². The van der Waals surface area contributed by atoms with Gasteiger partial charge in [-0.3, -0.25) is 9.69 Å². The Bertz CT molecular complexity index is 373. The van der Waals surface area contributed by atoms with Crippen molar-refractivity contribution in [3.63, 3.8) is 0 Å². The highest BCUT2D eigenvalue weighted by atomic mass is 32.1. The van der Waals surface area contributed by atoms with Gasteiger partial charge < -0.3 is 15.4 Å². The third-order valence-corrected chi connectivity index (χ3v) is 4.95. The lowest BCUT2D eigenvalue weighted by Gasteiger charge is -2.43. The maximum absolute atomic E-state index is 12.2. The number of ether oxygens (including phenoxy) is 1. The molecule has 0 spiro atoms. The number of thiocarbonyl (C=S) groups is 1. The molecule has 0 aromatic rings. The fourth-order valence-corrected chi connectivity index (χ4v) is 2.93. The molecule has 6 heteroatoms. The Labute approximate surface area is 126 Å². The minimum atomic E-state index is -0.279. The highest BCUT2D eigenvalue weighted by Crippen LogP contribution is 2.20. The van der Waals surface area contributed by atoms with Gasteiger partial charge >= 0.3 is 0 Å². The smallest absolute Gasteiger partial charge is 0.225 e. The van der Waals surface area contributed by atoms with Crippen molar-refractivity contribution >= 4 is 23.1 Å². The molecule has 0 aliphatic carbocycles. The Hall–Kier alpha value is -0.720. The van der Waals surface area contributed by atoms with E-state index in [0.29, 0.717) is 11.4 Å². The van der Waals surface area contributed by atoms with E-state index in [4.69, 9.17) is 22.7 Å². The van der Waals surface area contributed by atoms with Gasteiger partial charge in [-0.25, -0.2) is 0 Å². The zero-order valence-corrected chi connectivity index (χ0v) is 13.2. The summed E-state index contributed by atoms with van der Waals surface area (Å²) >= 11 is 5.13. The summed E-state index contributed by atoms with van der Waals surface area (Å²) in [6, 6.07) is 0. The third-order valence-electron chi connectivity index (χ3n) is 4.45. The molecule has 2 N–H and O–H groups in total. The van der Waals surface area contributed by atoms with Gasteiger partial charge in [0.15, 0.2) is 0 Å². The van der Waals surface area contributed by atoms with Gasteiger partial charge in [0.05, 0.1) is 23.1 Å². The number of rotatable bonds is 4. The van der Waals surface area contributed by atoms with Crippen molar-refractivity contribution in [1.29, 1.82) is 0 Å². The Balaban J connectivity index is 1.81. The summed E-state index contributed by atoms with van der Waals surface area (Å²) in [7, 11) is 0. The predicted molar refractivity (Wildman–Crippen MR) is 82.6 cm³/mol. The van der Waals surface area contributed by atoms with E-state index >= 15 is 0 Å². The molecule has 114 valence electrons. The number of hydrogen-bond acceptors (Lipinski definition) is 4. The number of amides is 1. The number of carbonyl (C=O) groups excluding carboxylic acids is 1. The average molecular weight is 299 g/mol.